The monoisotopic (exact) mass is 435 g/mol. The van der Waals surface area contributed by atoms with E-state index in [1.807, 2.05) is 18.9 Å². The lowest BCUT2D eigenvalue weighted by Gasteiger charge is -2.46. The predicted molar refractivity (Wildman–Crippen MR) is 111 cm³/mol. The molecule has 0 saturated carbocycles. The Morgan fingerprint density at radius 1 is 1.30 bits per heavy atom. The van der Waals surface area contributed by atoms with Crippen molar-refractivity contribution < 1.29 is 24.6 Å². The number of aliphatic hydroxyl groups excluding tert-OH is 1. The zero-order chi connectivity index (χ0) is 22.2. The number of aliphatic carboxylic acids is 1. The van der Waals surface area contributed by atoms with E-state index < -0.39 is 18.0 Å². The van der Waals surface area contributed by atoms with Gasteiger partial charge in [0.25, 0.3) is 5.91 Å². The van der Waals surface area contributed by atoms with Crippen molar-refractivity contribution in [2.75, 3.05) is 26.7 Å². The summed E-state index contributed by atoms with van der Waals surface area (Å²) in [6, 6.07) is 6.26. The molecule has 30 heavy (non-hydrogen) atoms. The van der Waals surface area contributed by atoms with Crippen LogP contribution >= 0.6 is 11.6 Å². The summed E-state index contributed by atoms with van der Waals surface area (Å²) in [5.74, 6) is -2.43. The van der Waals surface area contributed by atoms with E-state index in [2.05, 4.69) is 5.32 Å². The van der Waals surface area contributed by atoms with E-state index in [0.717, 1.165) is 0 Å². The molecule has 2 amide bonds. The van der Waals surface area contributed by atoms with Crippen LogP contribution < -0.4 is 5.32 Å². The molecule has 0 aliphatic carbocycles. The van der Waals surface area contributed by atoms with Crippen molar-refractivity contribution in [3.63, 3.8) is 0 Å². The zero-order valence-corrected chi connectivity index (χ0v) is 17.9. The van der Waals surface area contributed by atoms with Gasteiger partial charge in [-0.25, -0.2) is 4.79 Å². The maximum Gasteiger partial charge on any atom is 0.352 e. The van der Waals surface area contributed by atoms with E-state index in [1.165, 1.54) is 4.90 Å². The van der Waals surface area contributed by atoms with Gasteiger partial charge in [-0.2, -0.15) is 0 Å². The molecule has 2 aliphatic rings. The number of hydrogen-bond donors (Lipinski definition) is 3. The molecule has 0 spiro atoms. The van der Waals surface area contributed by atoms with Gasteiger partial charge in [0.1, 0.15) is 5.70 Å². The number of nitrogens with zero attached hydrogens (tertiary/aromatic N) is 2. The third kappa shape index (κ3) is 4.08. The zero-order valence-electron chi connectivity index (χ0n) is 17.1. The lowest BCUT2D eigenvalue weighted by atomic mass is 9.77. The first kappa shape index (κ1) is 22.3. The third-order valence-electron chi connectivity index (χ3n) is 5.84. The van der Waals surface area contributed by atoms with Gasteiger partial charge in [0, 0.05) is 36.1 Å². The van der Waals surface area contributed by atoms with Gasteiger partial charge in [-0.15, -0.1) is 0 Å². The third-order valence-corrected chi connectivity index (χ3v) is 6.10. The molecule has 3 N–H and O–H groups in total. The van der Waals surface area contributed by atoms with Gasteiger partial charge in [-0.3, -0.25) is 9.59 Å². The number of fused-ring (bicyclic) bond motifs is 1. The molecular weight excluding hydrogens is 410 g/mol. The van der Waals surface area contributed by atoms with Crippen LogP contribution in [0.2, 0.25) is 5.02 Å². The summed E-state index contributed by atoms with van der Waals surface area (Å²) in [6.07, 6.45) is -0.823. The van der Waals surface area contributed by atoms with Crippen LogP contribution in [-0.2, 0) is 9.59 Å². The van der Waals surface area contributed by atoms with Crippen LogP contribution in [0.1, 0.15) is 24.2 Å². The molecule has 0 bridgehead atoms. The van der Waals surface area contributed by atoms with Gasteiger partial charge >= 0.3 is 5.97 Å². The predicted octanol–water partition coefficient (Wildman–Crippen LogP) is 1.20. The number of likely N-dealkylation sites (N-methyl/N-ethyl adjacent to an activating group) is 1. The number of carbonyl (C=O) groups is 3. The molecule has 1 aromatic rings. The van der Waals surface area contributed by atoms with Crippen LogP contribution in [0.15, 0.2) is 35.5 Å². The maximum atomic E-state index is 12.4. The Bertz CT molecular complexity index is 883. The van der Waals surface area contributed by atoms with Crippen molar-refractivity contribution >= 4 is 29.4 Å². The van der Waals surface area contributed by atoms with Crippen molar-refractivity contribution in [1.29, 1.82) is 0 Å². The van der Waals surface area contributed by atoms with Gasteiger partial charge in [-0.1, -0.05) is 18.5 Å². The number of hydrogen-bond acceptors (Lipinski definition) is 5. The molecule has 1 saturated heterocycles. The molecule has 1 aromatic carbocycles. The molecule has 0 aromatic heterocycles. The minimum atomic E-state index is -1.14. The number of carbonyl (C=O) groups excluding carboxylic acids is 2. The van der Waals surface area contributed by atoms with Crippen LogP contribution in [-0.4, -0.2) is 76.6 Å². The van der Waals surface area contributed by atoms with E-state index >= 15 is 0 Å². The quantitative estimate of drug-likeness (QED) is 0.529. The molecule has 3 rings (SSSR count). The van der Waals surface area contributed by atoms with Gasteiger partial charge in [0.15, 0.2) is 0 Å². The summed E-state index contributed by atoms with van der Waals surface area (Å²) < 4.78 is 0. The molecule has 2 aliphatic heterocycles. The van der Waals surface area contributed by atoms with E-state index in [9.17, 15) is 24.6 Å². The Balaban J connectivity index is 1.60. The topological polar surface area (TPSA) is 110 Å². The Labute approximate surface area is 180 Å². The van der Waals surface area contributed by atoms with Crippen molar-refractivity contribution in [2.24, 2.45) is 11.8 Å². The smallest absolute Gasteiger partial charge is 0.352 e. The first-order chi connectivity index (χ1) is 14.1. The fourth-order valence-corrected chi connectivity index (χ4v) is 4.41. The summed E-state index contributed by atoms with van der Waals surface area (Å²) in [4.78, 5) is 39.6. The van der Waals surface area contributed by atoms with Gasteiger partial charge in [-0.05, 0) is 43.8 Å². The molecular formula is C21H26ClN3O5. The number of halogens is 1. The number of rotatable bonds is 8. The Morgan fingerprint density at radius 2 is 1.93 bits per heavy atom. The number of β-lactam (4-membered cyclic amide) rings is 1. The molecule has 8 nitrogen and oxygen atoms in total. The number of aliphatic hydroxyl groups is 1. The van der Waals surface area contributed by atoms with Crippen LogP contribution in [0.5, 0.6) is 0 Å². The Morgan fingerprint density at radius 3 is 2.50 bits per heavy atom. The van der Waals surface area contributed by atoms with E-state index in [-0.39, 0.29) is 29.5 Å². The fourth-order valence-electron chi connectivity index (χ4n) is 4.29. The standard InChI is InChI=1S/C21H26ClN3O5/c1-11-15(18(21(29)30)25-17(11)16(12(2)26)20(25)28)10-24(3)9-8-23-19(27)13-4-6-14(22)7-5-13/h4-7,11-12,16-17,26H,8-10H2,1-3H3,(H,23,27)(H,29,30)/t11-,12+,16+,17+/m0/s1. The van der Waals surface area contributed by atoms with Crippen molar-refractivity contribution in [1.82, 2.24) is 15.1 Å². The lowest BCUT2D eigenvalue weighted by Crippen LogP contribution is -2.63. The van der Waals surface area contributed by atoms with E-state index in [4.69, 9.17) is 11.6 Å². The number of carboxylic acid groups (broad SMARTS) is 1. The summed E-state index contributed by atoms with van der Waals surface area (Å²) in [7, 11) is 1.83. The average Bonchev–Trinajstić information content (AvgIpc) is 2.91. The highest BCUT2D eigenvalue weighted by Crippen LogP contribution is 2.47. The SMILES string of the molecule is C[C@@H](O)[C@H]1C(=O)N2C(C(=O)O)=C(CN(C)CCNC(=O)c3ccc(Cl)cc3)[C@H](C)[C@H]12. The molecule has 162 valence electrons. The second kappa shape index (κ2) is 8.75. The fraction of sp³-hybridized carbons (Fsp3) is 0.476. The Hall–Kier alpha value is -2.42. The number of nitrogens with one attached hydrogen (secondary N) is 1. The number of amides is 2. The van der Waals surface area contributed by atoms with E-state index in [0.29, 0.717) is 35.8 Å². The molecule has 1 fully saturated rings. The first-order valence-electron chi connectivity index (χ1n) is 9.83. The van der Waals surface area contributed by atoms with Gasteiger partial charge in [0.2, 0.25) is 5.91 Å². The first-order valence-corrected chi connectivity index (χ1v) is 10.2. The van der Waals surface area contributed by atoms with Crippen LogP contribution in [0.25, 0.3) is 0 Å². The second-order valence-corrected chi connectivity index (χ2v) is 8.37. The number of carboxylic acids is 1. The van der Waals surface area contributed by atoms with Crippen LogP contribution in [0.4, 0.5) is 0 Å². The molecule has 2 heterocycles. The summed E-state index contributed by atoms with van der Waals surface area (Å²) >= 11 is 5.83. The second-order valence-electron chi connectivity index (χ2n) is 7.93. The largest absolute Gasteiger partial charge is 0.477 e. The highest BCUT2D eigenvalue weighted by atomic mass is 35.5. The summed E-state index contributed by atoms with van der Waals surface area (Å²) in [6.45, 7) is 4.68. The van der Waals surface area contributed by atoms with Crippen LogP contribution in [0.3, 0.4) is 0 Å². The molecule has 4 atom stereocenters. The van der Waals surface area contributed by atoms with Gasteiger partial charge in [0.05, 0.1) is 18.1 Å². The minimum Gasteiger partial charge on any atom is -0.477 e. The Kier molecular flexibility index (Phi) is 6.50. The lowest BCUT2D eigenvalue weighted by molar-refractivity contribution is -0.163. The van der Waals surface area contributed by atoms with Gasteiger partial charge < -0.3 is 25.3 Å². The normalized spacial score (nSPS) is 24.0. The number of benzene rings is 1. The van der Waals surface area contributed by atoms with Crippen molar-refractivity contribution in [3.05, 3.63) is 46.1 Å². The minimum absolute atomic E-state index is 0.0199. The summed E-state index contributed by atoms with van der Waals surface area (Å²) in [5, 5.41) is 23.0. The molecule has 9 heteroatoms. The van der Waals surface area contributed by atoms with Crippen molar-refractivity contribution in [2.45, 2.75) is 26.0 Å². The maximum absolute atomic E-state index is 12.4. The average molecular weight is 436 g/mol. The van der Waals surface area contributed by atoms with E-state index in [1.54, 1.807) is 31.2 Å². The van der Waals surface area contributed by atoms with Crippen molar-refractivity contribution in [3.8, 4) is 0 Å². The summed E-state index contributed by atoms with van der Waals surface area (Å²) in [5.41, 5.74) is 1.19. The molecule has 0 radical (unpaired) electrons. The highest BCUT2D eigenvalue weighted by molar-refractivity contribution is 6.30. The molecule has 0 unspecified atom stereocenters. The highest BCUT2D eigenvalue weighted by Gasteiger charge is 2.59. The van der Waals surface area contributed by atoms with Crippen LogP contribution in [0, 0.1) is 11.8 Å².